The molecular formula is C16H21Cl2N3O5. The molecule has 1 aromatic carbocycles. The van der Waals surface area contributed by atoms with E-state index >= 15 is 0 Å². The van der Waals surface area contributed by atoms with Crippen molar-refractivity contribution in [3.05, 3.63) is 30.3 Å². The molecule has 2 amide bonds. The number of anilines is 1. The van der Waals surface area contributed by atoms with Gasteiger partial charge in [0, 0.05) is 31.3 Å². The zero-order valence-electron chi connectivity index (χ0n) is 14.0. The van der Waals surface area contributed by atoms with Crippen molar-refractivity contribution in [1.29, 1.82) is 0 Å². The van der Waals surface area contributed by atoms with E-state index in [4.69, 9.17) is 28.3 Å². The van der Waals surface area contributed by atoms with E-state index in [0.29, 0.717) is 18.8 Å². The molecule has 0 spiro atoms. The molecule has 1 atom stereocenters. The number of nitrogens with zero attached hydrogens (tertiary/aromatic N) is 2. The largest absolute Gasteiger partial charge is 0.481 e. The Balaban J connectivity index is 3.05. The van der Waals surface area contributed by atoms with Gasteiger partial charge in [-0.25, -0.2) is 19.6 Å². The Morgan fingerprint density at radius 1 is 1.04 bits per heavy atom. The summed E-state index contributed by atoms with van der Waals surface area (Å²) >= 11 is 11.6. The summed E-state index contributed by atoms with van der Waals surface area (Å²) in [4.78, 5) is 34.8. The molecule has 0 saturated carbocycles. The Morgan fingerprint density at radius 3 is 2.08 bits per heavy atom. The van der Waals surface area contributed by atoms with Gasteiger partial charge in [0.1, 0.15) is 6.04 Å². The molecule has 0 bridgehead atoms. The van der Waals surface area contributed by atoms with Crippen molar-refractivity contribution < 1.29 is 24.6 Å². The maximum Gasteiger partial charge on any atom is 0.337 e. The third kappa shape index (κ3) is 7.07. The Kier molecular flexibility index (Phi) is 9.79. The van der Waals surface area contributed by atoms with Gasteiger partial charge in [0.25, 0.3) is 0 Å². The minimum Gasteiger partial charge on any atom is -0.481 e. The minimum atomic E-state index is -1.33. The smallest absolute Gasteiger partial charge is 0.337 e. The molecule has 0 radical (unpaired) electrons. The molecule has 26 heavy (non-hydrogen) atoms. The number of aliphatic carboxylic acids is 2. The second-order valence-electron chi connectivity index (χ2n) is 5.25. The quantitative estimate of drug-likeness (QED) is 0.384. The average molecular weight is 406 g/mol. The van der Waals surface area contributed by atoms with E-state index in [1.165, 1.54) is 5.01 Å². The minimum absolute atomic E-state index is 0.231. The highest BCUT2D eigenvalue weighted by atomic mass is 35.5. The number of hydrazine groups is 1. The fourth-order valence-electron chi connectivity index (χ4n) is 2.22. The number of urea groups is 1. The van der Waals surface area contributed by atoms with Crippen LogP contribution >= 0.6 is 23.2 Å². The van der Waals surface area contributed by atoms with Crippen LogP contribution in [0.3, 0.4) is 0 Å². The highest BCUT2D eigenvalue weighted by molar-refractivity contribution is 6.18. The monoisotopic (exact) mass is 405 g/mol. The first-order valence-corrected chi connectivity index (χ1v) is 8.94. The number of halogens is 2. The number of rotatable bonds is 11. The molecule has 10 heteroatoms. The van der Waals surface area contributed by atoms with E-state index < -0.39 is 24.0 Å². The number of alkyl halides is 2. The number of hydrogen-bond donors (Lipinski definition) is 3. The molecule has 1 rings (SSSR count). The summed E-state index contributed by atoms with van der Waals surface area (Å²) < 4.78 is 0. The first-order valence-electron chi connectivity index (χ1n) is 7.87. The molecule has 0 aromatic heterocycles. The summed E-state index contributed by atoms with van der Waals surface area (Å²) in [5, 5.41) is 23.2. The summed E-state index contributed by atoms with van der Waals surface area (Å²) in [6.45, 7) is 0.618. The lowest BCUT2D eigenvalue weighted by molar-refractivity contribution is -0.140. The van der Waals surface area contributed by atoms with Crippen LogP contribution in [0.2, 0.25) is 0 Å². The fourth-order valence-corrected chi connectivity index (χ4v) is 2.61. The zero-order chi connectivity index (χ0) is 19.5. The Morgan fingerprint density at radius 2 is 1.62 bits per heavy atom. The molecule has 8 nitrogen and oxygen atoms in total. The predicted molar refractivity (Wildman–Crippen MR) is 98.8 cm³/mol. The van der Waals surface area contributed by atoms with Crippen molar-refractivity contribution in [2.45, 2.75) is 18.9 Å². The van der Waals surface area contributed by atoms with Gasteiger partial charge in [-0.2, -0.15) is 0 Å². The summed E-state index contributed by atoms with van der Waals surface area (Å²) in [6.07, 6.45) is -0.611. The average Bonchev–Trinajstić information content (AvgIpc) is 2.59. The summed E-state index contributed by atoms with van der Waals surface area (Å²) in [7, 11) is 0. The van der Waals surface area contributed by atoms with Gasteiger partial charge in [0.15, 0.2) is 0 Å². The second-order valence-corrected chi connectivity index (χ2v) is 6.01. The van der Waals surface area contributed by atoms with Crippen molar-refractivity contribution in [3.63, 3.8) is 0 Å². The van der Waals surface area contributed by atoms with Gasteiger partial charge in [0.2, 0.25) is 0 Å². The van der Waals surface area contributed by atoms with Crippen LogP contribution in [0.25, 0.3) is 0 Å². The van der Waals surface area contributed by atoms with Crippen molar-refractivity contribution in [3.8, 4) is 0 Å². The van der Waals surface area contributed by atoms with E-state index in [9.17, 15) is 19.5 Å². The van der Waals surface area contributed by atoms with Crippen LogP contribution in [0.5, 0.6) is 0 Å². The number of carbonyl (C=O) groups excluding carboxylic acids is 1. The predicted octanol–water partition coefficient (Wildman–Crippen LogP) is 2.22. The molecule has 0 aliphatic rings. The first-order chi connectivity index (χ1) is 12.4. The normalized spacial score (nSPS) is 11.8. The van der Waals surface area contributed by atoms with Crippen molar-refractivity contribution >= 4 is 46.9 Å². The molecule has 1 aromatic rings. The standard InChI is InChI=1S/C16H21Cl2N3O5/c17-8-10-20(11-9-18)21(12-4-2-1-3-5-12)16(26)19-13(15(24)25)6-7-14(22)23/h1-5,13H,6-11H2,(H,19,26)(H,22,23)(H,24,25)/t13-/m0/s1. The molecule has 0 saturated heterocycles. The number of carboxylic acids is 2. The molecule has 3 N–H and O–H groups in total. The number of benzene rings is 1. The van der Waals surface area contributed by atoms with Crippen molar-refractivity contribution in [1.82, 2.24) is 10.3 Å². The maximum absolute atomic E-state index is 12.8. The van der Waals surface area contributed by atoms with E-state index in [2.05, 4.69) is 5.32 Å². The lowest BCUT2D eigenvalue weighted by Crippen LogP contribution is -2.56. The van der Waals surface area contributed by atoms with Gasteiger partial charge in [0.05, 0.1) is 5.69 Å². The van der Waals surface area contributed by atoms with Crippen LogP contribution in [0.1, 0.15) is 12.8 Å². The van der Waals surface area contributed by atoms with Crippen molar-refractivity contribution in [2.24, 2.45) is 0 Å². The Bertz CT molecular complexity index is 597. The van der Waals surface area contributed by atoms with E-state index in [1.54, 1.807) is 35.3 Å². The van der Waals surface area contributed by atoms with Gasteiger partial charge in [-0.15, -0.1) is 23.2 Å². The molecular weight excluding hydrogens is 385 g/mol. The number of carboxylic acid groups (broad SMARTS) is 2. The summed E-state index contributed by atoms with van der Waals surface area (Å²) in [5.74, 6) is -1.99. The molecule has 0 aliphatic heterocycles. The van der Waals surface area contributed by atoms with Crippen LogP contribution in [-0.2, 0) is 9.59 Å². The number of hydrogen-bond acceptors (Lipinski definition) is 4. The Hall–Kier alpha value is -2.03. The van der Waals surface area contributed by atoms with E-state index in [1.807, 2.05) is 0 Å². The van der Waals surface area contributed by atoms with Gasteiger partial charge >= 0.3 is 18.0 Å². The molecule has 0 fully saturated rings. The lowest BCUT2D eigenvalue weighted by atomic mass is 10.1. The lowest BCUT2D eigenvalue weighted by Gasteiger charge is -2.34. The maximum atomic E-state index is 12.8. The van der Waals surface area contributed by atoms with Gasteiger partial charge in [-0.1, -0.05) is 18.2 Å². The Labute approximate surface area is 161 Å². The number of para-hydroxylation sites is 1. The second kappa shape index (κ2) is 11.6. The first kappa shape index (κ1) is 22.0. The number of amides is 2. The van der Waals surface area contributed by atoms with Crippen molar-refractivity contribution in [2.75, 3.05) is 29.9 Å². The molecule has 0 aliphatic carbocycles. The van der Waals surface area contributed by atoms with E-state index in [0.717, 1.165) is 0 Å². The molecule has 0 unspecified atom stereocenters. The zero-order valence-corrected chi connectivity index (χ0v) is 15.5. The number of carbonyl (C=O) groups is 3. The van der Waals surface area contributed by atoms with Gasteiger partial charge in [-0.05, 0) is 18.6 Å². The highest BCUT2D eigenvalue weighted by Gasteiger charge is 2.28. The van der Waals surface area contributed by atoms with Crippen LogP contribution in [0.4, 0.5) is 10.5 Å². The summed E-state index contributed by atoms with van der Waals surface area (Å²) in [5.41, 5.74) is 0.502. The van der Waals surface area contributed by atoms with Crippen LogP contribution in [0.15, 0.2) is 30.3 Å². The van der Waals surface area contributed by atoms with Crippen LogP contribution < -0.4 is 10.3 Å². The molecule has 0 heterocycles. The van der Waals surface area contributed by atoms with Crippen LogP contribution in [-0.4, -0.2) is 64.1 Å². The third-order valence-corrected chi connectivity index (χ3v) is 3.74. The van der Waals surface area contributed by atoms with Crippen LogP contribution in [0, 0.1) is 0 Å². The highest BCUT2D eigenvalue weighted by Crippen LogP contribution is 2.17. The van der Waals surface area contributed by atoms with E-state index in [-0.39, 0.29) is 24.6 Å². The van der Waals surface area contributed by atoms with Gasteiger partial charge in [-0.3, -0.25) is 4.79 Å². The topological polar surface area (TPSA) is 110 Å². The number of nitrogens with one attached hydrogen (secondary N) is 1. The fraction of sp³-hybridized carbons (Fsp3) is 0.438. The molecule has 144 valence electrons. The SMILES string of the molecule is O=C(O)CC[C@H](NC(=O)N(c1ccccc1)N(CCCl)CCCl)C(=O)O. The summed E-state index contributed by atoms with van der Waals surface area (Å²) in [6, 6.07) is 6.56. The van der Waals surface area contributed by atoms with Gasteiger partial charge < -0.3 is 15.5 Å². The third-order valence-electron chi connectivity index (χ3n) is 3.40.